The Morgan fingerprint density at radius 2 is 1.86 bits per heavy atom. The number of aromatic nitrogens is 1. The second-order valence-electron chi connectivity index (χ2n) is 6.01. The molecule has 1 aromatic carbocycles. The van der Waals surface area contributed by atoms with Crippen molar-refractivity contribution in [1.29, 1.82) is 0 Å². The molecule has 3 rings (SSSR count). The maximum absolute atomic E-state index is 11.1. The number of amides is 1. The Kier molecular flexibility index (Phi) is 4.49. The maximum Gasteiger partial charge on any atom is 0.248 e. The van der Waals surface area contributed by atoms with Gasteiger partial charge in [-0.15, -0.1) is 0 Å². The highest BCUT2D eigenvalue weighted by Crippen LogP contribution is 2.22. The van der Waals surface area contributed by atoms with Gasteiger partial charge in [0.25, 0.3) is 0 Å². The van der Waals surface area contributed by atoms with E-state index >= 15 is 0 Å². The minimum absolute atomic E-state index is 0.370. The van der Waals surface area contributed by atoms with Crippen molar-refractivity contribution in [2.24, 2.45) is 11.7 Å². The van der Waals surface area contributed by atoms with Crippen LogP contribution in [0.25, 0.3) is 0 Å². The molecule has 2 heterocycles. The molecule has 4 nitrogen and oxygen atoms in total. The molecule has 22 heavy (non-hydrogen) atoms. The number of carbonyl (C=O) groups is 1. The van der Waals surface area contributed by atoms with Crippen LogP contribution in [0.5, 0.6) is 0 Å². The number of hydrogen-bond donors (Lipinski definition) is 1. The predicted molar refractivity (Wildman–Crippen MR) is 86.3 cm³/mol. The van der Waals surface area contributed by atoms with Crippen molar-refractivity contribution < 1.29 is 4.79 Å². The molecule has 1 fully saturated rings. The van der Waals surface area contributed by atoms with Gasteiger partial charge in [-0.3, -0.25) is 14.7 Å². The van der Waals surface area contributed by atoms with Crippen molar-refractivity contribution >= 4 is 5.91 Å². The van der Waals surface area contributed by atoms with Gasteiger partial charge in [0, 0.05) is 31.0 Å². The zero-order valence-corrected chi connectivity index (χ0v) is 12.6. The van der Waals surface area contributed by atoms with Crippen LogP contribution in [0.1, 0.15) is 27.9 Å². The molecule has 2 aromatic rings. The first kappa shape index (κ1) is 14.7. The third-order valence-electron chi connectivity index (χ3n) is 4.29. The number of nitrogens with two attached hydrogens (primary N) is 1. The molecule has 0 aliphatic carbocycles. The average Bonchev–Trinajstić information content (AvgIpc) is 2.96. The summed E-state index contributed by atoms with van der Waals surface area (Å²) in [5.41, 5.74) is 8.43. The van der Waals surface area contributed by atoms with E-state index in [0.717, 1.165) is 26.1 Å². The van der Waals surface area contributed by atoms with Gasteiger partial charge in [0.1, 0.15) is 0 Å². The Balaban J connectivity index is 1.53. The van der Waals surface area contributed by atoms with E-state index in [1.807, 2.05) is 36.7 Å². The molecule has 1 atom stereocenters. The molecule has 1 unspecified atom stereocenters. The van der Waals surface area contributed by atoms with Gasteiger partial charge < -0.3 is 5.73 Å². The molecule has 1 aliphatic rings. The highest BCUT2D eigenvalue weighted by Gasteiger charge is 2.22. The fourth-order valence-electron chi connectivity index (χ4n) is 3.11. The van der Waals surface area contributed by atoms with Gasteiger partial charge in [0.15, 0.2) is 0 Å². The summed E-state index contributed by atoms with van der Waals surface area (Å²) in [5, 5.41) is 0. The highest BCUT2D eigenvalue weighted by atomic mass is 16.1. The molecule has 1 saturated heterocycles. The van der Waals surface area contributed by atoms with E-state index in [9.17, 15) is 4.79 Å². The molecule has 114 valence electrons. The number of benzene rings is 1. The summed E-state index contributed by atoms with van der Waals surface area (Å²) >= 11 is 0. The first-order chi connectivity index (χ1) is 10.7. The second kappa shape index (κ2) is 6.71. The number of pyridine rings is 1. The number of nitrogens with zero attached hydrogens (tertiary/aromatic N) is 2. The summed E-state index contributed by atoms with van der Waals surface area (Å²) < 4.78 is 0. The molecule has 0 saturated carbocycles. The third kappa shape index (κ3) is 3.71. The fourth-order valence-corrected chi connectivity index (χ4v) is 3.11. The highest BCUT2D eigenvalue weighted by molar-refractivity contribution is 5.92. The Morgan fingerprint density at radius 3 is 2.55 bits per heavy atom. The Labute approximate surface area is 131 Å². The van der Waals surface area contributed by atoms with Crippen molar-refractivity contribution in [2.75, 3.05) is 13.1 Å². The van der Waals surface area contributed by atoms with Crippen molar-refractivity contribution in [3.8, 4) is 0 Å². The van der Waals surface area contributed by atoms with Gasteiger partial charge in [-0.25, -0.2) is 0 Å². The average molecular weight is 295 g/mol. The van der Waals surface area contributed by atoms with Gasteiger partial charge in [0.05, 0.1) is 0 Å². The maximum atomic E-state index is 11.1. The minimum Gasteiger partial charge on any atom is -0.366 e. The molecule has 2 N–H and O–H groups in total. The van der Waals surface area contributed by atoms with Crippen LogP contribution in [0.15, 0.2) is 48.8 Å². The molecule has 1 amide bonds. The molecule has 0 radical (unpaired) electrons. The van der Waals surface area contributed by atoms with Crippen LogP contribution in [0.4, 0.5) is 0 Å². The normalized spacial score (nSPS) is 18.5. The molecular weight excluding hydrogens is 274 g/mol. The molecule has 0 spiro atoms. The van der Waals surface area contributed by atoms with Gasteiger partial charge in [-0.05, 0) is 60.7 Å². The van der Waals surface area contributed by atoms with Crippen LogP contribution >= 0.6 is 0 Å². The smallest absolute Gasteiger partial charge is 0.248 e. The fraction of sp³-hybridized carbons (Fsp3) is 0.333. The zero-order chi connectivity index (χ0) is 15.4. The van der Waals surface area contributed by atoms with E-state index in [0.29, 0.717) is 11.5 Å². The summed E-state index contributed by atoms with van der Waals surface area (Å²) in [6, 6.07) is 11.8. The van der Waals surface area contributed by atoms with Gasteiger partial charge in [0.2, 0.25) is 5.91 Å². The van der Waals surface area contributed by atoms with Crippen molar-refractivity contribution in [3.63, 3.8) is 0 Å². The number of hydrogen-bond acceptors (Lipinski definition) is 3. The van der Waals surface area contributed by atoms with Crippen molar-refractivity contribution in [1.82, 2.24) is 9.88 Å². The summed E-state index contributed by atoms with van der Waals surface area (Å²) in [5.74, 6) is 0.345. The topological polar surface area (TPSA) is 59.2 Å². The van der Waals surface area contributed by atoms with Crippen molar-refractivity contribution in [3.05, 3.63) is 65.5 Å². The lowest BCUT2D eigenvalue weighted by Gasteiger charge is -2.16. The molecule has 0 bridgehead atoms. The van der Waals surface area contributed by atoms with E-state index in [4.69, 9.17) is 5.73 Å². The summed E-state index contributed by atoms with van der Waals surface area (Å²) in [7, 11) is 0. The van der Waals surface area contributed by atoms with Crippen LogP contribution in [0.3, 0.4) is 0 Å². The summed E-state index contributed by atoms with van der Waals surface area (Å²) in [6.07, 6.45) is 6.09. The van der Waals surface area contributed by atoms with E-state index in [1.165, 1.54) is 17.5 Å². The van der Waals surface area contributed by atoms with Crippen LogP contribution < -0.4 is 5.73 Å². The van der Waals surface area contributed by atoms with Crippen LogP contribution in [-0.2, 0) is 13.0 Å². The zero-order valence-electron chi connectivity index (χ0n) is 12.6. The summed E-state index contributed by atoms with van der Waals surface area (Å²) in [6.45, 7) is 3.19. The lowest BCUT2D eigenvalue weighted by molar-refractivity contribution is 0.100. The minimum atomic E-state index is -0.370. The molecule has 1 aliphatic heterocycles. The standard InChI is InChI=1S/C18H21N3O/c19-18(22)17-3-1-15(2-4-17)12-21-10-7-16(13-21)11-14-5-8-20-9-6-14/h1-6,8-9,16H,7,10-13H2,(H2,19,22). The van der Waals surface area contributed by atoms with E-state index < -0.39 is 0 Å². The lowest BCUT2D eigenvalue weighted by atomic mass is 10.00. The SMILES string of the molecule is NC(=O)c1ccc(CN2CCC(Cc3ccncc3)C2)cc1. The van der Waals surface area contributed by atoms with Crippen LogP contribution in [0.2, 0.25) is 0 Å². The number of carbonyl (C=O) groups excluding carboxylic acids is 1. The second-order valence-corrected chi connectivity index (χ2v) is 6.01. The number of rotatable bonds is 5. The first-order valence-corrected chi connectivity index (χ1v) is 7.71. The first-order valence-electron chi connectivity index (χ1n) is 7.71. The van der Waals surface area contributed by atoms with E-state index in [-0.39, 0.29) is 5.91 Å². The van der Waals surface area contributed by atoms with Gasteiger partial charge >= 0.3 is 0 Å². The third-order valence-corrected chi connectivity index (χ3v) is 4.29. The van der Waals surface area contributed by atoms with Gasteiger partial charge in [-0.1, -0.05) is 12.1 Å². The Morgan fingerprint density at radius 1 is 1.14 bits per heavy atom. The molecule has 4 heteroatoms. The number of primary amides is 1. The molecule has 1 aromatic heterocycles. The Bertz CT molecular complexity index is 625. The largest absolute Gasteiger partial charge is 0.366 e. The van der Waals surface area contributed by atoms with Gasteiger partial charge in [-0.2, -0.15) is 0 Å². The lowest BCUT2D eigenvalue weighted by Crippen LogP contribution is -2.20. The predicted octanol–water partition coefficient (Wildman–Crippen LogP) is 2.25. The van der Waals surface area contributed by atoms with Crippen molar-refractivity contribution in [2.45, 2.75) is 19.4 Å². The summed E-state index contributed by atoms with van der Waals surface area (Å²) in [4.78, 5) is 17.6. The van der Waals surface area contributed by atoms with Crippen LogP contribution in [0, 0.1) is 5.92 Å². The molecular formula is C18H21N3O. The monoisotopic (exact) mass is 295 g/mol. The van der Waals surface area contributed by atoms with E-state index in [2.05, 4.69) is 22.0 Å². The Hall–Kier alpha value is -2.20. The number of likely N-dealkylation sites (tertiary alicyclic amines) is 1. The quantitative estimate of drug-likeness (QED) is 0.920. The van der Waals surface area contributed by atoms with Crippen LogP contribution in [-0.4, -0.2) is 28.9 Å². The van der Waals surface area contributed by atoms with E-state index in [1.54, 1.807) is 0 Å².